The van der Waals surface area contributed by atoms with Gasteiger partial charge in [0, 0.05) is 23.5 Å². The van der Waals surface area contributed by atoms with Crippen molar-refractivity contribution in [2.24, 2.45) is 5.73 Å². The van der Waals surface area contributed by atoms with Crippen LogP contribution < -0.4 is 11.1 Å². The van der Waals surface area contributed by atoms with Gasteiger partial charge in [0.1, 0.15) is 0 Å². The monoisotopic (exact) mass is 412 g/mol. The fourth-order valence-corrected chi connectivity index (χ4v) is 3.36. The van der Waals surface area contributed by atoms with E-state index in [9.17, 15) is 13.2 Å². The molecule has 1 atom stereocenters. The molecule has 126 valence electrons. The van der Waals surface area contributed by atoms with Crippen molar-refractivity contribution >= 4 is 44.1 Å². The summed E-state index contributed by atoms with van der Waals surface area (Å²) >= 11 is 3.27. The number of carbonyl (C=O) groups is 1. The summed E-state index contributed by atoms with van der Waals surface area (Å²) in [7, 11) is -3.55. The molecule has 1 aromatic rings. The molecule has 1 unspecified atom stereocenters. The molecule has 1 rings (SSSR count). The van der Waals surface area contributed by atoms with Gasteiger partial charge < -0.3 is 11.1 Å². The van der Waals surface area contributed by atoms with Gasteiger partial charge in [-0.2, -0.15) is 0 Å². The van der Waals surface area contributed by atoms with Gasteiger partial charge in [-0.1, -0.05) is 15.9 Å². The van der Waals surface area contributed by atoms with Crippen LogP contribution in [0.25, 0.3) is 0 Å². The van der Waals surface area contributed by atoms with Crippen LogP contribution in [0, 0.1) is 0 Å². The number of nitrogens with one attached hydrogen (secondary N) is 1. The van der Waals surface area contributed by atoms with E-state index in [1.165, 1.54) is 0 Å². The molecule has 0 fully saturated rings. The molecular formula is C14H22BrClN2O3S. The van der Waals surface area contributed by atoms with E-state index < -0.39 is 14.6 Å². The topological polar surface area (TPSA) is 89.3 Å². The lowest BCUT2D eigenvalue weighted by molar-refractivity contribution is -0.121. The molecule has 0 aromatic heterocycles. The summed E-state index contributed by atoms with van der Waals surface area (Å²) in [6.07, 6.45) is 0.175. The second kappa shape index (κ2) is 8.29. The van der Waals surface area contributed by atoms with Gasteiger partial charge in [0.05, 0.1) is 9.64 Å². The second-order valence-electron chi connectivity index (χ2n) is 5.68. The first kappa shape index (κ1) is 21.4. The zero-order valence-corrected chi connectivity index (χ0v) is 16.0. The molecule has 0 aliphatic heterocycles. The molecule has 1 amide bonds. The first-order chi connectivity index (χ1) is 9.56. The highest BCUT2D eigenvalue weighted by molar-refractivity contribution is 9.10. The highest BCUT2D eigenvalue weighted by Gasteiger charge is 2.36. The molecule has 22 heavy (non-hydrogen) atoms. The van der Waals surface area contributed by atoms with E-state index in [4.69, 9.17) is 5.73 Å². The number of nitrogens with two attached hydrogens (primary N) is 1. The van der Waals surface area contributed by atoms with Crippen LogP contribution in [0.3, 0.4) is 0 Å². The van der Waals surface area contributed by atoms with Gasteiger partial charge in [-0.3, -0.25) is 4.79 Å². The van der Waals surface area contributed by atoms with Crippen molar-refractivity contribution in [3.8, 4) is 0 Å². The molecule has 1 aromatic carbocycles. The maximum Gasteiger partial charge on any atom is 0.221 e. The first-order valence-electron chi connectivity index (χ1n) is 6.59. The van der Waals surface area contributed by atoms with Gasteiger partial charge in [-0.25, -0.2) is 8.42 Å². The first-order valence-corrected chi connectivity index (χ1v) is 8.86. The zero-order chi connectivity index (χ0) is 16.3. The second-order valence-corrected chi connectivity index (χ2v) is 9.17. The van der Waals surface area contributed by atoms with Crippen LogP contribution in [0.15, 0.2) is 33.6 Å². The van der Waals surface area contributed by atoms with E-state index in [2.05, 4.69) is 21.2 Å². The third-order valence-corrected chi connectivity index (χ3v) is 6.09. The number of halogens is 2. The fourth-order valence-electron chi connectivity index (χ4n) is 1.70. The number of hydrogen-bond acceptors (Lipinski definition) is 4. The normalized spacial score (nSPS) is 13.1. The summed E-state index contributed by atoms with van der Waals surface area (Å²) in [5.74, 6) is -0.246. The average Bonchev–Trinajstić information content (AvgIpc) is 2.36. The summed E-state index contributed by atoms with van der Waals surface area (Å²) in [4.78, 5) is 11.8. The lowest BCUT2D eigenvalue weighted by Gasteiger charge is -2.25. The Balaban J connectivity index is 0.00000441. The highest BCUT2D eigenvalue weighted by Crippen LogP contribution is 2.26. The number of benzene rings is 1. The zero-order valence-electron chi connectivity index (χ0n) is 12.8. The minimum atomic E-state index is -3.55. The van der Waals surface area contributed by atoms with Crippen molar-refractivity contribution in [3.63, 3.8) is 0 Å². The van der Waals surface area contributed by atoms with E-state index in [1.54, 1.807) is 45.0 Å². The molecule has 0 heterocycles. The number of hydrogen-bond donors (Lipinski definition) is 2. The number of amides is 1. The highest BCUT2D eigenvalue weighted by atomic mass is 79.9. The van der Waals surface area contributed by atoms with Crippen molar-refractivity contribution in [1.82, 2.24) is 5.32 Å². The SMILES string of the molecule is CC(N)CC(=O)NCC(C)(C)S(=O)(=O)c1ccc(Br)cc1.Cl. The standard InChI is InChI=1S/C14H21BrN2O3S.ClH/c1-10(16)8-13(18)17-9-14(2,3)21(19,20)12-6-4-11(15)5-7-12;/h4-7,10H,8-9,16H2,1-3H3,(H,17,18);1H. The molecule has 8 heteroatoms. The summed E-state index contributed by atoms with van der Waals surface area (Å²) in [6, 6.07) is 6.20. The van der Waals surface area contributed by atoms with Gasteiger partial charge in [0.25, 0.3) is 0 Å². The Morgan fingerprint density at radius 2 is 1.82 bits per heavy atom. The molecule has 0 saturated carbocycles. The molecule has 0 saturated heterocycles. The van der Waals surface area contributed by atoms with Gasteiger partial charge in [0.2, 0.25) is 5.91 Å². The van der Waals surface area contributed by atoms with Gasteiger partial charge in [-0.15, -0.1) is 12.4 Å². The minimum Gasteiger partial charge on any atom is -0.354 e. The van der Waals surface area contributed by atoms with E-state index in [1.807, 2.05) is 0 Å². The van der Waals surface area contributed by atoms with Gasteiger partial charge in [0.15, 0.2) is 9.84 Å². The molecular weight excluding hydrogens is 392 g/mol. The fraction of sp³-hybridized carbons (Fsp3) is 0.500. The van der Waals surface area contributed by atoms with Crippen LogP contribution in [-0.2, 0) is 14.6 Å². The molecule has 5 nitrogen and oxygen atoms in total. The smallest absolute Gasteiger partial charge is 0.221 e. The average molecular weight is 414 g/mol. The van der Waals surface area contributed by atoms with Crippen LogP contribution >= 0.6 is 28.3 Å². The summed E-state index contributed by atoms with van der Waals surface area (Å²) in [5, 5.41) is 2.63. The van der Waals surface area contributed by atoms with E-state index >= 15 is 0 Å². The predicted molar refractivity (Wildman–Crippen MR) is 93.9 cm³/mol. The van der Waals surface area contributed by atoms with Crippen LogP contribution in [0.5, 0.6) is 0 Å². The Kier molecular flexibility index (Phi) is 8.05. The van der Waals surface area contributed by atoms with E-state index in [0.717, 1.165) is 4.47 Å². The van der Waals surface area contributed by atoms with Crippen LogP contribution in [0.4, 0.5) is 0 Å². The Morgan fingerprint density at radius 1 is 1.32 bits per heavy atom. The Morgan fingerprint density at radius 3 is 2.27 bits per heavy atom. The molecule has 0 aliphatic carbocycles. The van der Waals surface area contributed by atoms with Crippen LogP contribution in [-0.4, -0.2) is 31.7 Å². The summed E-state index contributed by atoms with van der Waals surface area (Å²) in [6.45, 7) is 4.95. The van der Waals surface area contributed by atoms with Gasteiger partial charge in [-0.05, 0) is 45.0 Å². The van der Waals surface area contributed by atoms with Crippen molar-refractivity contribution in [2.45, 2.75) is 42.9 Å². The lowest BCUT2D eigenvalue weighted by Crippen LogP contribution is -2.45. The van der Waals surface area contributed by atoms with Crippen molar-refractivity contribution < 1.29 is 13.2 Å². The van der Waals surface area contributed by atoms with Crippen LogP contribution in [0.1, 0.15) is 27.2 Å². The third kappa shape index (κ3) is 5.53. The summed E-state index contributed by atoms with van der Waals surface area (Å²) in [5.41, 5.74) is 5.54. The van der Waals surface area contributed by atoms with Crippen LogP contribution in [0.2, 0.25) is 0 Å². The summed E-state index contributed by atoms with van der Waals surface area (Å²) < 4.78 is 24.9. The number of rotatable bonds is 6. The maximum absolute atomic E-state index is 12.6. The third-order valence-electron chi connectivity index (χ3n) is 3.07. The van der Waals surface area contributed by atoms with Crippen molar-refractivity contribution in [1.29, 1.82) is 0 Å². The lowest BCUT2D eigenvalue weighted by atomic mass is 10.2. The quantitative estimate of drug-likeness (QED) is 0.748. The number of carbonyl (C=O) groups excluding carboxylic acids is 1. The molecule has 0 spiro atoms. The largest absolute Gasteiger partial charge is 0.354 e. The molecule has 0 bridgehead atoms. The molecule has 0 aliphatic rings. The van der Waals surface area contributed by atoms with Gasteiger partial charge >= 0.3 is 0 Å². The predicted octanol–water partition coefficient (Wildman–Crippen LogP) is 2.28. The molecule has 3 N–H and O–H groups in total. The molecule has 0 radical (unpaired) electrons. The maximum atomic E-state index is 12.6. The van der Waals surface area contributed by atoms with E-state index in [-0.39, 0.29) is 42.2 Å². The Hall–Kier alpha value is -0.630. The van der Waals surface area contributed by atoms with Crippen molar-refractivity contribution in [2.75, 3.05) is 6.54 Å². The number of sulfone groups is 1. The van der Waals surface area contributed by atoms with E-state index in [0.29, 0.717) is 0 Å². The minimum absolute atomic E-state index is 0. The Bertz CT molecular complexity index is 601. The van der Waals surface area contributed by atoms with Crippen molar-refractivity contribution in [3.05, 3.63) is 28.7 Å². The Labute approximate surface area is 146 Å².